The van der Waals surface area contributed by atoms with Gasteiger partial charge in [-0.2, -0.15) is 0 Å². The summed E-state index contributed by atoms with van der Waals surface area (Å²) >= 11 is 0. The lowest BCUT2D eigenvalue weighted by molar-refractivity contribution is 0.350. The van der Waals surface area contributed by atoms with Crippen molar-refractivity contribution in [3.8, 4) is 0 Å². The summed E-state index contributed by atoms with van der Waals surface area (Å²) in [4.78, 5) is 0. The Kier molecular flexibility index (Phi) is 23.1. The van der Waals surface area contributed by atoms with Crippen molar-refractivity contribution in [2.75, 3.05) is 13.1 Å². The number of hydrogen-bond acceptors (Lipinski definition) is 2. The van der Waals surface area contributed by atoms with Gasteiger partial charge >= 0.3 is 0 Å². The number of nitrogens with zero attached hydrogens (tertiary/aromatic N) is 1. The highest BCUT2D eigenvalue weighted by Gasteiger charge is 1.97. The summed E-state index contributed by atoms with van der Waals surface area (Å²) in [5, 5.41) is 13.2. The van der Waals surface area contributed by atoms with Crippen LogP contribution in [0.4, 0.5) is 0 Å². The van der Waals surface area contributed by atoms with Gasteiger partial charge in [-0.1, -0.05) is 136 Å². The molecule has 0 saturated carbocycles. The Morgan fingerprint density at radius 2 is 0.821 bits per heavy atom. The molecule has 0 saturated heterocycles. The van der Waals surface area contributed by atoms with Crippen LogP contribution in [0.15, 0.2) is 0 Å². The van der Waals surface area contributed by atoms with Crippen LogP contribution in [0.5, 0.6) is 0 Å². The highest BCUT2D eigenvalue weighted by atomic mass is 16.5. The third kappa shape index (κ3) is 24.0. The monoisotopic (exact) mass is 396 g/mol. The number of rotatable bonds is 23. The zero-order chi connectivity index (χ0) is 20.7. The van der Waals surface area contributed by atoms with Gasteiger partial charge in [-0.3, -0.25) is 0 Å². The van der Waals surface area contributed by atoms with Gasteiger partial charge < -0.3 is 10.3 Å². The van der Waals surface area contributed by atoms with Crippen LogP contribution in [-0.4, -0.2) is 18.2 Å². The van der Waals surface area contributed by atoms with Gasteiger partial charge in [0.05, 0.1) is 0 Å². The molecule has 0 unspecified atom stereocenters. The Labute approximate surface area is 178 Å². The minimum absolute atomic E-state index is 0.757. The van der Waals surface area contributed by atoms with Gasteiger partial charge in [-0.15, -0.1) is 0 Å². The lowest BCUT2D eigenvalue weighted by Gasteiger charge is -2.28. The summed E-state index contributed by atoms with van der Waals surface area (Å²) in [6.45, 7) is 8.43. The highest BCUT2D eigenvalue weighted by molar-refractivity contribution is 4.59. The van der Waals surface area contributed by atoms with Crippen LogP contribution in [0.2, 0.25) is 0 Å². The van der Waals surface area contributed by atoms with Gasteiger partial charge in [0, 0.05) is 0 Å². The van der Waals surface area contributed by atoms with E-state index in [2.05, 4.69) is 20.8 Å². The molecule has 0 fully saturated rings. The normalized spacial score (nSPS) is 11.8. The lowest BCUT2D eigenvalue weighted by Crippen LogP contribution is -2.18. The van der Waals surface area contributed by atoms with Crippen molar-refractivity contribution in [1.29, 1.82) is 0 Å². The minimum Gasteiger partial charge on any atom is -0.785 e. The molecular formula is C26H54NO-. The second-order valence-electron chi connectivity index (χ2n) is 9.48. The quantitative estimate of drug-likeness (QED) is 0.127. The summed E-state index contributed by atoms with van der Waals surface area (Å²) < 4.78 is 0. The summed E-state index contributed by atoms with van der Waals surface area (Å²) in [5.41, 5.74) is 0. The lowest BCUT2D eigenvalue weighted by atomic mass is 10.0. The van der Waals surface area contributed by atoms with E-state index < -0.39 is 0 Å². The van der Waals surface area contributed by atoms with Crippen LogP contribution < -0.4 is 0 Å². The molecule has 0 aromatic rings. The van der Waals surface area contributed by atoms with Gasteiger partial charge in [-0.25, -0.2) is 0 Å². The predicted octanol–water partition coefficient (Wildman–Crippen LogP) is 9.26. The fourth-order valence-corrected chi connectivity index (χ4v) is 3.97. The molecule has 0 N–H and O–H groups in total. The van der Waals surface area contributed by atoms with E-state index in [1.165, 1.54) is 121 Å². The van der Waals surface area contributed by atoms with Gasteiger partial charge in [0.25, 0.3) is 0 Å². The maximum Gasteiger partial charge on any atom is -0.0145 e. The average Bonchev–Trinajstić information content (AvgIpc) is 2.67. The van der Waals surface area contributed by atoms with Crippen LogP contribution in [-0.2, 0) is 0 Å². The molecule has 0 aliphatic heterocycles. The van der Waals surface area contributed by atoms with Crippen LogP contribution in [0.1, 0.15) is 149 Å². The van der Waals surface area contributed by atoms with Crippen LogP contribution in [0.3, 0.4) is 0 Å². The van der Waals surface area contributed by atoms with Crippen molar-refractivity contribution in [1.82, 2.24) is 5.06 Å². The van der Waals surface area contributed by atoms with Gasteiger partial charge in [0.2, 0.25) is 0 Å². The van der Waals surface area contributed by atoms with E-state index in [1.54, 1.807) is 0 Å². The molecule has 0 atom stereocenters. The summed E-state index contributed by atoms with van der Waals surface area (Å²) in [5.74, 6) is 0.866. The first-order valence-corrected chi connectivity index (χ1v) is 13.1. The maximum atomic E-state index is 11.9. The molecule has 0 amide bonds. The third-order valence-electron chi connectivity index (χ3n) is 5.95. The Morgan fingerprint density at radius 1 is 0.500 bits per heavy atom. The molecule has 0 rings (SSSR count). The second-order valence-corrected chi connectivity index (χ2v) is 9.48. The fourth-order valence-electron chi connectivity index (χ4n) is 3.97. The third-order valence-corrected chi connectivity index (χ3v) is 5.95. The Bertz CT molecular complexity index is 280. The topological polar surface area (TPSA) is 26.3 Å². The molecule has 0 heterocycles. The zero-order valence-corrected chi connectivity index (χ0v) is 20.0. The minimum atomic E-state index is 0.757. The van der Waals surface area contributed by atoms with Crippen molar-refractivity contribution < 1.29 is 0 Å². The molecular weight excluding hydrogens is 342 g/mol. The summed E-state index contributed by atoms with van der Waals surface area (Å²) in [7, 11) is 0. The highest BCUT2D eigenvalue weighted by Crippen LogP contribution is 2.14. The van der Waals surface area contributed by atoms with Crippen molar-refractivity contribution in [2.45, 2.75) is 149 Å². The molecule has 0 aliphatic rings. The van der Waals surface area contributed by atoms with Gasteiger partial charge in [0.1, 0.15) is 0 Å². The predicted molar refractivity (Wildman–Crippen MR) is 128 cm³/mol. The van der Waals surface area contributed by atoms with Crippen molar-refractivity contribution >= 4 is 0 Å². The Hall–Kier alpha value is -0.0800. The molecule has 0 aliphatic carbocycles. The molecule has 0 bridgehead atoms. The molecule has 170 valence electrons. The number of hydrogen-bond donors (Lipinski definition) is 0. The van der Waals surface area contributed by atoms with E-state index >= 15 is 0 Å². The molecule has 0 spiro atoms. The van der Waals surface area contributed by atoms with Gasteiger partial charge in [-0.05, 0) is 31.8 Å². The number of hydroxylamine groups is 2. The fraction of sp³-hybridized carbons (Fsp3) is 1.00. The molecule has 0 aromatic heterocycles. The first kappa shape index (κ1) is 27.9. The first-order valence-electron chi connectivity index (χ1n) is 13.1. The molecule has 28 heavy (non-hydrogen) atoms. The van der Waals surface area contributed by atoms with Crippen LogP contribution in [0, 0.1) is 11.1 Å². The second kappa shape index (κ2) is 23.2. The van der Waals surface area contributed by atoms with Crippen molar-refractivity contribution in [3.63, 3.8) is 0 Å². The van der Waals surface area contributed by atoms with Crippen molar-refractivity contribution in [3.05, 3.63) is 5.21 Å². The van der Waals surface area contributed by atoms with Crippen molar-refractivity contribution in [2.24, 2.45) is 5.92 Å². The maximum absolute atomic E-state index is 11.9. The average molecular weight is 397 g/mol. The standard InChI is InChI=1S/C26H54NO/c1-4-5-6-7-8-9-12-15-18-21-24-27(28)25-22-19-16-13-10-11-14-17-20-23-26(2)3/h26H,4-25H2,1-3H3/q-1. The Balaban J connectivity index is 3.14. The van der Waals surface area contributed by atoms with E-state index in [-0.39, 0.29) is 0 Å². The zero-order valence-electron chi connectivity index (χ0n) is 20.0. The molecule has 0 radical (unpaired) electrons. The SMILES string of the molecule is CCCCCCCCCCCCN([O-])CCCCCCCCCCCC(C)C. The van der Waals surface area contributed by atoms with Crippen LogP contribution >= 0.6 is 0 Å². The molecule has 2 nitrogen and oxygen atoms in total. The van der Waals surface area contributed by atoms with Gasteiger partial charge in [0.15, 0.2) is 0 Å². The van der Waals surface area contributed by atoms with E-state index in [0.29, 0.717) is 0 Å². The van der Waals surface area contributed by atoms with E-state index in [0.717, 1.165) is 31.8 Å². The number of unbranched alkanes of at least 4 members (excludes halogenated alkanes) is 17. The van der Waals surface area contributed by atoms with Crippen LogP contribution in [0.25, 0.3) is 0 Å². The molecule has 0 aromatic carbocycles. The Morgan fingerprint density at radius 3 is 1.18 bits per heavy atom. The van der Waals surface area contributed by atoms with E-state index in [1.807, 2.05) is 0 Å². The smallest absolute Gasteiger partial charge is 0.0145 e. The largest absolute Gasteiger partial charge is 0.785 e. The first-order chi connectivity index (χ1) is 13.7. The van der Waals surface area contributed by atoms with E-state index in [4.69, 9.17) is 0 Å². The van der Waals surface area contributed by atoms with E-state index in [9.17, 15) is 5.21 Å². The summed E-state index contributed by atoms with van der Waals surface area (Å²) in [6.07, 6.45) is 26.8. The molecule has 2 heteroatoms. The summed E-state index contributed by atoms with van der Waals surface area (Å²) in [6, 6.07) is 0.